The molecule has 1 heterocycles. The highest BCUT2D eigenvalue weighted by molar-refractivity contribution is 7.90. The third-order valence-corrected chi connectivity index (χ3v) is 5.67. The van der Waals surface area contributed by atoms with E-state index in [-0.39, 0.29) is 0 Å². The number of H-pyrrole nitrogens is 1. The molecule has 2 aromatic carbocycles. The number of sulfone groups is 1. The number of hydrogen-bond donors (Lipinski definition) is 1. The largest absolute Gasteiger partial charge is 0.342 e. The van der Waals surface area contributed by atoms with E-state index in [1.165, 1.54) is 12.3 Å². The maximum atomic E-state index is 12.0. The average molecular weight is 392 g/mol. The molecule has 0 saturated carbocycles. The highest BCUT2D eigenvalue weighted by atomic mass is 35.5. The number of rotatable bonds is 7. The molecule has 0 spiro atoms. The Kier molecular flexibility index (Phi) is 5.65. The van der Waals surface area contributed by atoms with Crippen LogP contribution in [0.5, 0.6) is 0 Å². The summed E-state index contributed by atoms with van der Waals surface area (Å²) in [5, 5.41) is 0.432. The predicted molar refractivity (Wildman–Crippen MR) is 105 cm³/mol. The third kappa shape index (κ3) is 4.63. The fourth-order valence-corrected chi connectivity index (χ4v) is 4.20. The van der Waals surface area contributed by atoms with Crippen LogP contribution in [0.4, 0.5) is 0 Å². The number of hydrogen-bond acceptors (Lipinski definition) is 4. The SMILES string of the molecule is CN(CCCc1nc2ccccc2[nH]1)Cc1ccc(Cl)cc1S(C)(=O)=O. The van der Waals surface area contributed by atoms with Crippen molar-refractivity contribution >= 4 is 32.5 Å². The van der Waals surface area contributed by atoms with E-state index in [9.17, 15) is 8.42 Å². The summed E-state index contributed by atoms with van der Waals surface area (Å²) in [5.41, 5.74) is 2.80. The molecule has 0 aliphatic carbocycles. The van der Waals surface area contributed by atoms with Crippen LogP contribution in [0.2, 0.25) is 5.02 Å². The molecule has 26 heavy (non-hydrogen) atoms. The second-order valence-electron chi connectivity index (χ2n) is 6.57. The van der Waals surface area contributed by atoms with E-state index < -0.39 is 9.84 Å². The lowest BCUT2D eigenvalue weighted by molar-refractivity contribution is 0.319. The summed E-state index contributed by atoms with van der Waals surface area (Å²) < 4.78 is 24.0. The minimum Gasteiger partial charge on any atom is -0.342 e. The molecular formula is C19H22ClN3O2S. The number of nitrogens with zero attached hydrogens (tertiary/aromatic N) is 2. The van der Waals surface area contributed by atoms with Crippen molar-refractivity contribution < 1.29 is 8.42 Å². The standard InChI is InChI=1S/C19H22ClN3O2S/c1-23(13-14-9-10-15(20)12-18(14)26(2,24)25)11-5-8-19-21-16-6-3-4-7-17(16)22-19/h3-4,6-7,9-10,12H,5,8,11,13H2,1-2H3,(H,21,22). The molecule has 3 aromatic rings. The highest BCUT2D eigenvalue weighted by Crippen LogP contribution is 2.22. The summed E-state index contributed by atoms with van der Waals surface area (Å²) in [7, 11) is -1.32. The molecule has 0 aliphatic rings. The Labute approximate surface area is 158 Å². The van der Waals surface area contributed by atoms with Crippen LogP contribution in [0.3, 0.4) is 0 Å². The minimum atomic E-state index is -3.31. The molecule has 5 nitrogen and oxygen atoms in total. The van der Waals surface area contributed by atoms with E-state index in [2.05, 4.69) is 14.9 Å². The summed E-state index contributed by atoms with van der Waals surface area (Å²) in [5.74, 6) is 0.975. The van der Waals surface area contributed by atoms with Crippen molar-refractivity contribution in [3.63, 3.8) is 0 Å². The van der Waals surface area contributed by atoms with E-state index >= 15 is 0 Å². The summed E-state index contributed by atoms with van der Waals surface area (Å²) in [6.07, 6.45) is 2.99. The van der Waals surface area contributed by atoms with E-state index in [0.29, 0.717) is 16.5 Å². The Hall–Kier alpha value is -1.89. The van der Waals surface area contributed by atoms with Gasteiger partial charge in [-0.25, -0.2) is 13.4 Å². The molecule has 0 bridgehead atoms. The van der Waals surface area contributed by atoms with Crippen LogP contribution in [0, 0.1) is 0 Å². The second-order valence-corrected chi connectivity index (χ2v) is 8.99. The van der Waals surface area contributed by atoms with Gasteiger partial charge in [0, 0.05) is 24.2 Å². The molecule has 3 rings (SSSR count). The first kappa shape index (κ1) is 18.9. The van der Waals surface area contributed by atoms with Gasteiger partial charge in [0.25, 0.3) is 0 Å². The summed E-state index contributed by atoms with van der Waals surface area (Å²) in [6, 6.07) is 13.0. The first-order chi connectivity index (χ1) is 12.3. The highest BCUT2D eigenvalue weighted by Gasteiger charge is 2.15. The van der Waals surface area contributed by atoms with Crippen LogP contribution in [0.25, 0.3) is 11.0 Å². The van der Waals surface area contributed by atoms with E-state index in [4.69, 9.17) is 11.6 Å². The molecule has 0 atom stereocenters. The van der Waals surface area contributed by atoms with Gasteiger partial charge in [-0.15, -0.1) is 0 Å². The number of halogens is 1. The zero-order chi connectivity index (χ0) is 18.7. The van der Waals surface area contributed by atoms with E-state index in [1.807, 2.05) is 31.3 Å². The zero-order valence-corrected chi connectivity index (χ0v) is 16.4. The fourth-order valence-electron chi connectivity index (χ4n) is 3.01. The van der Waals surface area contributed by atoms with Crippen molar-refractivity contribution in [3.8, 4) is 0 Å². The number of aromatic nitrogens is 2. The molecule has 0 amide bonds. The number of benzene rings is 2. The number of nitrogens with one attached hydrogen (secondary N) is 1. The van der Waals surface area contributed by atoms with Gasteiger partial charge in [0.1, 0.15) is 5.82 Å². The van der Waals surface area contributed by atoms with E-state index in [1.54, 1.807) is 12.1 Å². The van der Waals surface area contributed by atoms with Crippen molar-refractivity contribution in [1.82, 2.24) is 14.9 Å². The number of para-hydroxylation sites is 2. The lowest BCUT2D eigenvalue weighted by Crippen LogP contribution is -2.21. The molecule has 138 valence electrons. The number of aromatic amines is 1. The summed E-state index contributed by atoms with van der Waals surface area (Å²) in [4.78, 5) is 10.3. The quantitative estimate of drug-likeness (QED) is 0.667. The van der Waals surface area contributed by atoms with Gasteiger partial charge in [-0.2, -0.15) is 0 Å². The van der Waals surface area contributed by atoms with Gasteiger partial charge < -0.3 is 9.88 Å². The van der Waals surface area contributed by atoms with Gasteiger partial charge in [0.05, 0.1) is 15.9 Å². The molecule has 0 radical (unpaired) electrons. The van der Waals surface area contributed by atoms with Gasteiger partial charge in [-0.1, -0.05) is 29.8 Å². The van der Waals surface area contributed by atoms with Crippen molar-refractivity contribution in [1.29, 1.82) is 0 Å². The third-order valence-electron chi connectivity index (χ3n) is 4.26. The molecule has 1 N–H and O–H groups in total. The minimum absolute atomic E-state index is 0.300. The number of imidazole rings is 1. The topological polar surface area (TPSA) is 66.1 Å². The van der Waals surface area contributed by atoms with Gasteiger partial charge in [-0.05, 0) is 49.8 Å². The first-order valence-electron chi connectivity index (χ1n) is 8.43. The molecule has 7 heteroatoms. The Morgan fingerprint density at radius 3 is 2.69 bits per heavy atom. The molecule has 0 unspecified atom stereocenters. The average Bonchev–Trinajstić information content (AvgIpc) is 2.98. The van der Waals surface area contributed by atoms with Crippen LogP contribution in [0.15, 0.2) is 47.4 Å². The maximum absolute atomic E-state index is 12.0. The Bertz CT molecular complexity index is 982. The smallest absolute Gasteiger partial charge is 0.175 e. The molecule has 0 saturated heterocycles. The first-order valence-corrected chi connectivity index (χ1v) is 10.7. The maximum Gasteiger partial charge on any atom is 0.175 e. The van der Waals surface area contributed by atoms with Crippen LogP contribution in [0.1, 0.15) is 17.8 Å². The molecule has 1 aromatic heterocycles. The van der Waals surface area contributed by atoms with Crippen LogP contribution >= 0.6 is 11.6 Å². The predicted octanol–water partition coefficient (Wildman–Crippen LogP) is 3.68. The lowest BCUT2D eigenvalue weighted by Gasteiger charge is -2.18. The van der Waals surface area contributed by atoms with Crippen molar-refractivity contribution in [2.45, 2.75) is 24.3 Å². The van der Waals surface area contributed by atoms with Crippen LogP contribution < -0.4 is 0 Å². The fraction of sp³-hybridized carbons (Fsp3) is 0.316. The van der Waals surface area contributed by atoms with Gasteiger partial charge in [0.15, 0.2) is 9.84 Å². The molecular weight excluding hydrogens is 370 g/mol. The van der Waals surface area contributed by atoms with Crippen molar-refractivity contribution in [2.24, 2.45) is 0 Å². The Morgan fingerprint density at radius 2 is 1.96 bits per heavy atom. The van der Waals surface area contributed by atoms with Crippen LogP contribution in [-0.4, -0.2) is 43.1 Å². The normalized spacial score (nSPS) is 12.2. The summed E-state index contributed by atoms with van der Waals surface area (Å²) in [6.45, 7) is 1.39. The molecule has 0 fully saturated rings. The zero-order valence-electron chi connectivity index (χ0n) is 14.9. The van der Waals surface area contributed by atoms with Gasteiger partial charge in [-0.3, -0.25) is 0 Å². The lowest BCUT2D eigenvalue weighted by atomic mass is 10.2. The monoisotopic (exact) mass is 391 g/mol. The summed E-state index contributed by atoms with van der Waals surface area (Å²) >= 11 is 5.96. The number of aryl methyl sites for hydroxylation is 1. The van der Waals surface area contributed by atoms with E-state index in [0.717, 1.165) is 41.8 Å². The van der Waals surface area contributed by atoms with Crippen molar-refractivity contribution in [3.05, 3.63) is 58.9 Å². The van der Waals surface area contributed by atoms with Gasteiger partial charge >= 0.3 is 0 Å². The van der Waals surface area contributed by atoms with Crippen LogP contribution in [-0.2, 0) is 22.8 Å². The molecule has 0 aliphatic heterocycles. The van der Waals surface area contributed by atoms with Crippen molar-refractivity contribution in [2.75, 3.05) is 19.8 Å². The van der Waals surface area contributed by atoms with Gasteiger partial charge in [0.2, 0.25) is 0 Å². The Morgan fingerprint density at radius 1 is 1.19 bits per heavy atom. The number of fused-ring (bicyclic) bond motifs is 1. The Balaban J connectivity index is 1.60. The second kappa shape index (κ2) is 7.78.